The number of aryl methyl sites for hydroxylation is 1. The van der Waals surface area contributed by atoms with Crippen LogP contribution in [0.15, 0.2) is 24.3 Å². The molecule has 1 aliphatic heterocycles. The van der Waals surface area contributed by atoms with Gasteiger partial charge in [0.05, 0.1) is 27.3 Å². The Labute approximate surface area is 141 Å². The average molecular weight is 350 g/mol. The van der Waals surface area contributed by atoms with Gasteiger partial charge in [-0.3, -0.25) is 14.9 Å². The third-order valence-electron chi connectivity index (χ3n) is 3.86. The molecule has 24 heavy (non-hydrogen) atoms. The van der Waals surface area contributed by atoms with Gasteiger partial charge in [0.25, 0.3) is 11.6 Å². The second-order valence-electron chi connectivity index (χ2n) is 5.51. The minimum Gasteiger partial charge on any atom is -0.493 e. The summed E-state index contributed by atoms with van der Waals surface area (Å²) in [5, 5.41) is 13.8. The predicted octanol–water partition coefficient (Wildman–Crippen LogP) is 3.75. The number of amides is 1. The Hall–Kier alpha value is -2.48. The Bertz CT molecular complexity index is 805. The first kappa shape index (κ1) is 16.4. The van der Waals surface area contributed by atoms with Gasteiger partial charge >= 0.3 is 0 Å². The highest BCUT2D eigenvalue weighted by atomic mass is 32.1. The first-order chi connectivity index (χ1) is 11.5. The topological polar surface area (TPSA) is 81.5 Å². The van der Waals surface area contributed by atoms with Crippen LogP contribution in [-0.2, 0) is 0 Å². The van der Waals surface area contributed by atoms with E-state index in [9.17, 15) is 19.3 Å². The van der Waals surface area contributed by atoms with Crippen LogP contribution in [0.3, 0.4) is 0 Å². The van der Waals surface area contributed by atoms with Gasteiger partial charge in [-0.05, 0) is 38.0 Å². The number of hydrogen-bond donors (Lipinski definition) is 1. The Balaban J connectivity index is 1.85. The third-order valence-corrected chi connectivity index (χ3v) is 4.90. The van der Waals surface area contributed by atoms with Gasteiger partial charge < -0.3 is 10.1 Å². The number of carbonyl (C=O) groups excluding carboxylic acids is 1. The summed E-state index contributed by atoms with van der Waals surface area (Å²) in [7, 11) is 0. The van der Waals surface area contributed by atoms with E-state index < -0.39 is 22.7 Å². The number of nitrogens with one attached hydrogen (secondary N) is 1. The van der Waals surface area contributed by atoms with Gasteiger partial charge in [-0.1, -0.05) is 0 Å². The van der Waals surface area contributed by atoms with Crippen molar-refractivity contribution in [3.05, 3.63) is 55.5 Å². The maximum Gasteiger partial charge on any atom is 0.283 e. The third kappa shape index (κ3) is 3.23. The fourth-order valence-corrected chi connectivity index (χ4v) is 3.58. The Morgan fingerprint density at radius 3 is 2.96 bits per heavy atom. The maximum atomic E-state index is 13.6. The van der Waals surface area contributed by atoms with E-state index >= 15 is 0 Å². The van der Waals surface area contributed by atoms with E-state index in [1.54, 1.807) is 13.0 Å². The smallest absolute Gasteiger partial charge is 0.283 e. The molecule has 8 heteroatoms. The summed E-state index contributed by atoms with van der Waals surface area (Å²) >= 11 is 1.07. The lowest BCUT2D eigenvalue weighted by molar-refractivity contribution is -0.385. The van der Waals surface area contributed by atoms with Gasteiger partial charge in [0.15, 0.2) is 0 Å². The number of hydrogen-bond acceptors (Lipinski definition) is 5. The molecule has 0 saturated heterocycles. The molecule has 0 radical (unpaired) electrons. The molecule has 0 fully saturated rings. The van der Waals surface area contributed by atoms with E-state index in [-0.39, 0.29) is 10.6 Å². The number of carbonyl (C=O) groups is 1. The molecule has 0 unspecified atom stereocenters. The molecule has 126 valence electrons. The second kappa shape index (κ2) is 6.56. The van der Waals surface area contributed by atoms with Gasteiger partial charge in [0, 0.05) is 11.6 Å². The van der Waals surface area contributed by atoms with E-state index in [1.165, 1.54) is 18.2 Å². The molecule has 6 nitrogen and oxygen atoms in total. The quantitative estimate of drug-likeness (QED) is 0.675. The van der Waals surface area contributed by atoms with E-state index in [2.05, 4.69) is 5.32 Å². The number of nitro groups is 1. The van der Waals surface area contributed by atoms with Gasteiger partial charge in [0.1, 0.15) is 11.6 Å². The van der Waals surface area contributed by atoms with Crippen molar-refractivity contribution in [3.63, 3.8) is 0 Å². The summed E-state index contributed by atoms with van der Waals surface area (Å²) in [4.78, 5) is 23.6. The molecule has 1 atom stereocenters. The molecule has 0 saturated carbocycles. The second-order valence-corrected chi connectivity index (χ2v) is 6.76. The zero-order valence-electron chi connectivity index (χ0n) is 12.9. The lowest BCUT2D eigenvalue weighted by Gasteiger charge is -2.18. The molecule has 2 aromatic rings. The van der Waals surface area contributed by atoms with Crippen LogP contribution >= 0.6 is 11.3 Å². The van der Waals surface area contributed by atoms with Crippen molar-refractivity contribution in [2.75, 3.05) is 6.61 Å². The average Bonchev–Trinajstić information content (AvgIpc) is 2.83. The minimum absolute atomic E-state index is 0.0687. The van der Waals surface area contributed by atoms with Crippen LogP contribution in [-0.4, -0.2) is 17.4 Å². The lowest BCUT2D eigenvalue weighted by Crippen LogP contribution is -2.27. The molecular formula is C16H15FN2O4S. The van der Waals surface area contributed by atoms with Crippen molar-refractivity contribution in [2.45, 2.75) is 25.8 Å². The van der Waals surface area contributed by atoms with Crippen LogP contribution in [0.2, 0.25) is 0 Å². The Morgan fingerprint density at radius 2 is 2.25 bits per heavy atom. The van der Waals surface area contributed by atoms with Crippen molar-refractivity contribution in [1.82, 2.24) is 5.32 Å². The fraction of sp³-hybridized carbons (Fsp3) is 0.312. The summed E-state index contributed by atoms with van der Waals surface area (Å²) in [6.45, 7) is 2.10. The zero-order chi connectivity index (χ0) is 17.3. The van der Waals surface area contributed by atoms with Crippen molar-refractivity contribution >= 4 is 22.9 Å². The lowest BCUT2D eigenvalue weighted by atomic mass is 10.0. The first-order valence-electron chi connectivity index (χ1n) is 7.43. The van der Waals surface area contributed by atoms with Crippen LogP contribution < -0.4 is 10.1 Å². The summed E-state index contributed by atoms with van der Waals surface area (Å²) in [5.74, 6) is -0.257. The predicted molar refractivity (Wildman–Crippen MR) is 87.0 cm³/mol. The van der Waals surface area contributed by atoms with Crippen LogP contribution in [0.4, 0.5) is 10.1 Å². The molecule has 1 aliphatic rings. The molecule has 2 heterocycles. The Kier molecular flexibility index (Phi) is 4.48. The highest BCUT2D eigenvalue weighted by Gasteiger charge is 2.25. The fourth-order valence-electron chi connectivity index (χ4n) is 2.69. The van der Waals surface area contributed by atoms with Gasteiger partial charge in [-0.2, -0.15) is 0 Å². The summed E-state index contributed by atoms with van der Waals surface area (Å²) < 4.78 is 19.1. The molecule has 1 N–H and O–H groups in total. The molecular weight excluding hydrogens is 335 g/mol. The summed E-state index contributed by atoms with van der Waals surface area (Å²) in [6, 6.07) is 5.10. The molecule has 0 spiro atoms. The van der Waals surface area contributed by atoms with E-state index in [0.29, 0.717) is 35.6 Å². The van der Waals surface area contributed by atoms with Crippen LogP contribution in [0.25, 0.3) is 0 Å². The molecule has 1 aromatic heterocycles. The van der Waals surface area contributed by atoms with Crippen molar-refractivity contribution in [2.24, 2.45) is 0 Å². The number of fused-ring (bicyclic) bond motifs is 1. The zero-order valence-corrected chi connectivity index (χ0v) is 13.7. The number of thiophene rings is 1. The molecule has 0 aliphatic carbocycles. The maximum absolute atomic E-state index is 13.6. The van der Waals surface area contributed by atoms with Crippen LogP contribution in [0, 0.1) is 22.9 Å². The SMILES string of the molecule is Cc1sc(C(=O)N[C@H]2CCCOc3ccc(F)cc32)cc1[N+](=O)[O-]. The van der Waals surface area contributed by atoms with Gasteiger partial charge in [-0.15, -0.1) is 11.3 Å². The van der Waals surface area contributed by atoms with Crippen LogP contribution in [0.5, 0.6) is 5.75 Å². The standard InChI is InChI=1S/C16H15FN2O4S/c1-9-13(19(21)22)8-15(24-9)16(20)18-12-3-2-6-23-14-5-4-10(17)7-11(12)14/h4-5,7-8,12H,2-3,6H2,1H3,(H,18,20)/t12-/m0/s1. The summed E-state index contributed by atoms with van der Waals surface area (Å²) in [5.41, 5.74) is 0.518. The number of ether oxygens (including phenoxy) is 1. The molecule has 1 aromatic carbocycles. The number of nitrogens with zero attached hydrogens (tertiary/aromatic N) is 1. The van der Waals surface area contributed by atoms with Crippen molar-refractivity contribution in [3.8, 4) is 5.75 Å². The molecule has 0 bridgehead atoms. The number of benzene rings is 1. The normalized spacial score (nSPS) is 16.7. The summed E-state index contributed by atoms with van der Waals surface area (Å²) in [6.07, 6.45) is 1.32. The highest BCUT2D eigenvalue weighted by molar-refractivity contribution is 7.14. The Morgan fingerprint density at radius 1 is 1.46 bits per heavy atom. The van der Waals surface area contributed by atoms with E-state index in [0.717, 1.165) is 11.3 Å². The van der Waals surface area contributed by atoms with Crippen LogP contribution in [0.1, 0.15) is 39.0 Å². The monoisotopic (exact) mass is 350 g/mol. The molecule has 1 amide bonds. The molecule has 3 rings (SSSR count). The van der Waals surface area contributed by atoms with Gasteiger partial charge in [-0.25, -0.2) is 4.39 Å². The van der Waals surface area contributed by atoms with Crippen molar-refractivity contribution < 1.29 is 18.8 Å². The number of rotatable bonds is 3. The minimum atomic E-state index is -0.507. The number of halogens is 1. The largest absolute Gasteiger partial charge is 0.493 e. The van der Waals surface area contributed by atoms with E-state index in [4.69, 9.17) is 4.74 Å². The van der Waals surface area contributed by atoms with Crippen molar-refractivity contribution in [1.29, 1.82) is 0 Å². The highest BCUT2D eigenvalue weighted by Crippen LogP contribution is 2.33. The van der Waals surface area contributed by atoms with Gasteiger partial charge in [0.2, 0.25) is 0 Å². The van der Waals surface area contributed by atoms with E-state index in [1.807, 2.05) is 0 Å². The first-order valence-corrected chi connectivity index (χ1v) is 8.25.